The molecule has 1 heterocycles. The predicted molar refractivity (Wildman–Crippen MR) is 104 cm³/mol. The Labute approximate surface area is 157 Å². The van der Waals surface area contributed by atoms with Gasteiger partial charge in [0.1, 0.15) is 0 Å². The lowest BCUT2D eigenvalue weighted by atomic mass is 9.88. The van der Waals surface area contributed by atoms with Crippen molar-refractivity contribution in [2.75, 3.05) is 26.7 Å². The highest BCUT2D eigenvalue weighted by molar-refractivity contribution is 14.0. The van der Waals surface area contributed by atoms with Crippen LogP contribution in [0.4, 0.5) is 0 Å². The van der Waals surface area contributed by atoms with Crippen molar-refractivity contribution >= 4 is 35.8 Å². The molecule has 0 spiro atoms. The first-order valence-electron chi connectivity index (χ1n) is 9.02. The number of guanidine groups is 1. The molecule has 0 aromatic rings. The second-order valence-electron chi connectivity index (χ2n) is 7.15. The minimum Gasteiger partial charge on any atom is -0.356 e. The number of hydrogen-bond acceptors (Lipinski definition) is 2. The summed E-state index contributed by atoms with van der Waals surface area (Å²) in [5.41, 5.74) is 0. The summed E-state index contributed by atoms with van der Waals surface area (Å²) in [6, 6.07) is 0.345. The van der Waals surface area contributed by atoms with E-state index in [4.69, 9.17) is 0 Å². The number of aliphatic imine (C=N–C) groups is 1. The molecule has 1 atom stereocenters. The quantitative estimate of drug-likeness (QED) is 0.406. The van der Waals surface area contributed by atoms with Crippen LogP contribution in [0.5, 0.6) is 0 Å². The lowest BCUT2D eigenvalue weighted by Crippen LogP contribution is -2.46. The summed E-state index contributed by atoms with van der Waals surface area (Å²) >= 11 is 0. The summed E-state index contributed by atoms with van der Waals surface area (Å²) in [4.78, 5) is 19.0. The van der Waals surface area contributed by atoms with E-state index in [2.05, 4.69) is 20.5 Å². The van der Waals surface area contributed by atoms with E-state index in [1.54, 1.807) is 0 Å². The van der Waals surface area contributed by atoms with E-state index in [0.717, 1.165) is 50.8 Å². The fourth-order valence-corrected chi connectivity index (χ4v) is 3.64. The van der Waals surface area contributed by atoms with Gasteiger partial charge in [0.15, 0.2) is 5.96 Å². The van der Waals surface area contributed by atoms with Gasteiger partial charge < -0.3 is 15.5 Å². The van der Waals surface area contributed by atoms with E-state index in [-0.39, 0.29) is 24.0 Å². The molecular weight excluding hydrogens is 403 g/mol. The molecule has 0 aromatic carbocycles. The molecule has 2 N–H and O–H groups in total. The highest BCUT2D eigenvalue weighted by atomic mass is 127. The van der Waals surface area contributed by atoms with Crippen molar-refractivity contribution in [3.63, 3.8) is 0 Å². The van der Waals surface area contributed by atoms with Gasteiger partial charge in [0.05, 0.1) is 0 Å². The van der Waals surface area contributed by atoms with Crippen LogP contribution in [-0.2, 0) is 4.79 Å². The van der Waals surface area contributed by atoms with Gasteiger partial charge in [0.25, 0.3) is 0 Å². The van der Waals surface area contributed by atoms with E-state index < -0.39 is 0 Å². The Balaban J connectivity index is 0.00000192. The third kappa shape index (κ3) is 5.50. The number of likely N-dealkylation sites (tertiary alicyclic amines) is 1. The molecule has 3 fully saturated rings. The fourth-order valence-electron chi connectivity index (χ4n) is 3.64. The fraction of sp³-hybridized carbons (Fsp3) is 0.882. The number of hydrogen-bond donors (Lipinski definition) is 2. The molecule has 1 unspecified atom stereocenters. The first-order chi connectivity index (χ1) is 10.8. The Morgan fingerprint density at radius 3 is 2.52 bits per heavy atom. The first kappa shape index (κ1) is 18.8. The molecule has 23 heavy (non-hydrogen) atoms. The van der Waals surface area contributed by atoms with Crippen molar-refractivity contribution in [2.45, 2.75) is 57.4 Å². The smallest absolute Gasteiger partial charge is 0.225 e. The van der Waals surface area contributed by atoms with Gasteiger partial charge in [-0.3, -0.25) is 9.79 Å². The Bertz CT molecular complexity index is 419. The van der Waals surface area contributed by atoms with E-state index >= 15 is 0 Å². The highest BCUT2D eigenvalue weighted by Crippen LogP contribution is 2.28. The van der Waals surface area contributed by atoms with E-state index in [1.807, 2.05) is 7.05 Å². The van der Waals surface area contributed by atoms with Gasteiger partial charge in [-0.05, 0) is 38.0 Å². The molecule has 5 nitrogen and oxygen atoms in total. The summed E-state index contributed by atoms with van der Waals surface area (Å²) < 4.78 is 0. The molecule has 2 saturated carbocycles. The van der Waals surface area contributed by atoms with E-state index in [9.17, 15) is 4.79 Å². The van der Waals surface area contributed by atoms with Crippen molar-refractivity contribution in [3.8, 4) is 0 Å². The lowest BCUT2D eigenvalue weighted by Gasteiger charge is -2.26. The van der Waals surface area contributed by atoms with Crippen molar-refractivity contribution in [1.82, 2.24) is 15.5 Å². The number of nitrogens with zero attached hydrogens (tertiary/aromatic N) is 2. The summed E-state index contributed by atoms with van der Waals surface area (Å²) in [5, 5.41) is 6.88. The third-order valence-corrected chi connectivity index (χ3v) is 5.27. The Kier molecular flexibility index (Phi) is 7.43. The molecule has 1 saturated heterocycles. The van der Waals surface area contributed by atoms with Crippen LogP contribution in [0.25, 0.3) is 0 Å². The van der Waals surface area contributed by atoms with Crippen LogP contribution in [0.3, 0.4) is 0 Å². The van der Waals surface area contributed by atoms with E-state index in [0.29, 0.717) is 17.9 Å². The van der Waals surface area contributed by atoms with Gasteiger partial charge >= 0.3 is 0 Å². The minimum atomic E-state index is 0. The average Bonchev–Trinajstić information content (AvgIpc) is 3.28. The van der Waals surface area contributed by atoms with Crippen molar-refractivity contribution in [1.29, 1.82) is 0 Å². The average molecular weight is 434 g/mol. The Morgan fingerprint density at radius 1 is 1.13 bits per heavy atom. The molecule has 3 rings (SSSR count). The van der Waals surface area contributed by atoms with Crippen LogP contribution < -0.4 is 10.6 Å². The normalized spacial score (nSPS) is 25.9. The number of carbonyl (C=O) groups excluding carboxylic acids is 1. The van der Waals surface area contributed by atoms with Gasteiger partial charge in [-0.2, -0.15) is 0 Å². The standard InChI is InChI=1S/C17H30N4O.HI/c1-18-17(19-11-13-7-8-13)20-15-9-10-21(12-15)16(22)14-5-3-2-4-6-14;/h13-15H,2-12H2,1H3,(H2,18,19,20);1H. The first-order valence-corrected chi connectivity index (χ1v) is 9.02. The van der Waals surface area contributed by atoms with Gasteiger partial charge in [-0.15, -0.1) is 24.0 Å². The minimum absolute atomic E-state index is 0. The molecule has 0 aromatic heterocycles. The predicted octanol–water partition coefficient (Wildman–Crippen LogP) is 2.36. The van der Waals surface area contributed by atoms with Crippen LogP contribution >= 0.6 is 24.0 Å². The zero-order valence-electron chi connectivity index (χ0n) is 14.2. The zero-order chi connectivity index (χ0) is 15.4. The van der Waals surface area contributed by atoms with Gasteiger partial charge in [-0.25, -0.2) is 0 Å². The summed E-state index contributed by atoms with van der Waals surface area (Å²) in [6.45, 7) is 2.75. The maximum Gasteiger partial charge on any atom is 0.225 e. The molecule has 3 aliphatic rings. The van der Waals surface area contributed by atoms with Crippen LogP contribution in [0, 0.1) is 11.8 Å². The second-order valence-corrected chi connectivity index (χ2v) is 7.15. The van der Waals surface area contributed by atoms with Crippen LogP contribution in [0.1, 0.15) is 51.4 Å². The number of halogens is 1. The molecular formula is C17H31IN4O. The summed E-state index contributed by atoms with van der Waals surface area (Å²) in [5.74, 6) is 2.42. The van der Waals surface area contributed by atoms with Gasteiger partial charge in [0.2, 0.25) is 5.91 Å². The molecule has 6 heteroatoms. The number of carbonyl (C=O) groups is 1. The largest absolute Gasteiger partial charge is 0.356 e. The number of rotatable bonds is 4. The lowest BCUT2D eigenvalue weighted by molar-refractivity contribution is -0.135. The molecule has 0 bridgehead atoms. The molecule has 1 aliphatic heterocycles. The number of nitrogens with one attached hydrogen (secondary N) is 2. The van der Waals surface area contributed by atoms with Gasteiger partial charge in [0, 0.05) is 38.6 Å². The third-order valence-electron chi connectivity index (χ3n) is 5.27. The SMILES string of the molecule is CN=C(NCC1CC1)NC1CCN(C(=O)C2CCCCC2)C1.I. The molecule has 0 radical (unpaired) electrons. The van der Waals surface area contributed by atoms with Gasteiger partial charge in [-0.1, -0.05) is 19.3 Å². The Hall–Kier alpha value is -0.530. The molecule has 2 aliphatic carbocycles. The highest BCUT2D eigenvalue weighted by Gasteiger charge is 2.32. The van der Waals surface area contributed by atoms with Crippen LogP contribution in [0.2, 0.25) is 0 Å². The van der Waals surface area contributed by atoms with Crippen molar-refractivity contribution in [3.05, 3.63) is 0 Å². The van der Waals surface area contributed by atoms with Crippen LogP contribution in [-0.4, -0.2) is 49.5 Å². The molecule has 132 valence electrons. The molecule has 1 amide bonds. The summed E-state index contributed by atoms with van der Waals surface area (Å²) in [6.07, 6.45) is 9.66. The monoisotopic (exact) mass is 434 g/mol. The number of amides is 1. The van der Waals surface area contributed by atoms with Crippen molar-refractivity contribution < 1.29 is 4.79 Å². The maximum atomic E-state index is 12.6. The van der Waals surface area contributed by atoms with Crippen LogP contribution in [0.15, 0.2) is 4.99 Å². The zero-order valence-corrected chi connectivity index (χ0v) is 16.6. The van der Waals surface area contributed by atoms with Crippen molar-refractivity contribution in [2.24, 2.45) is 16.8 Å². The maximum absolute atomic E-state index is 12.6. The van der Waals surface area contributed by atoms with E-state index in [1.165, 1.54) is 32.1 Å². The second kappa shape index (κ2) is 9.08. The summed E-state index contributed by atoms with van der Waals surface area (Å²) in [7, 11) is 1.82. The Morgan fingerprint density at radius 2 is 1.87 bits per heavy atom. The topological polar surface area (TPSA) is 56.7 Å².